The van der Waals surface area contributed by atoms with Crippen LogP contribution >= 0.6 is 0 Å². The quantitative estimate of drug-likeness (QED) is 0.351. The summed E-state index contributed by atoms with van der Waals surface area (Å²) in [4.78, 5) is 52.7. The molecule has 0 spiro atoms. The molecular weight excluding hydrogens is 432 g/mol. The first kappa shape index (κ1) is 28.5. The lowest BCUT2D eigenvalue weighted by Crippen LogP contribution is -2.56. The Morgan fingerprint density at radius 3 is 1.47 bits per heavy atom. The van der Waals surface area contributed by atoms with E-state index in [-0.39, 0.29) is 0 Å². The summed E-state index contributed by atoms with van der Waals surface area (Å²) in [5, 5.41) is 0. The third-order valence-electron chi connectivity index (χ3n) is 10.3. The zero-order valence-corrected chi connectivity index (χ0v) is 23.5. The molecule has 0 bridgehead atoms. The van der Waals surface area contributed by atoms with Gasteiger partial charge in [-0.3, -0.25) is 19.2 Å². The molecule has 2 saturated heterocycles. The smallest absolute Gasteiger partial charge is 0.319 e. The van der Waals surface area contributed by atoms with Crippen molar-refractivity contribution in [2.45, 2.75) is 115 Å². The Hall–Kier alpha value is -1.72. The van der Waals surface area contributed by atoms with Crippen molar-refractivity contribution < 1.29 is 28.7 Å². The number of carbonyl (C=O) groups is 4. The molecule has 2 fully saturated rings. The van der Waals surface area contributed by atoms with Gasteiger partial charge in [-0.15, -0.1) is 0 Å². The second-order valence-corrected chi connectivity index (χ2v) is 14.1. The lowest BCUT2D eigenvalue weighted by molar-refractivity contribution is -0.194. The van der Waals surface area contributed by atoms with Crippen molar-refractivity contribution in [2.24, 2.45) is 37.9 Å². The third kappa shape index (κ3) is 4.13. The summed E-state index contributed by atoms with van der Waals surface area (Å²) >= 11 is 0. The summed E-state index contributed by atoms with van der Waals surface area (Å²) < 4.78 is 10.9. The average Bonchev–Trinajstić information content (AvgIpc) is 2.69. The van der Waals surface area contributed by atoms with Gasteiger partial charge in [0.15, 0.2) is 0 Å². The van der Waals surface area contributed by atoms with Crippen molar-refractivity contribution in [1.82, 2.24) is 0 Å². The molecule has 0 amide bonds. The molecule has 0 saturated carbocycles. The van der Waals surface area contributed by atoms with Gasteiger partial charge in [-0.05, 0) is 90.4 Å². The first-order chi connectivity index (χ1) is 15.0. The summed E-state index contributed by atoms with van der Waals surface area (Å²) in [6.45, 7) is 23.0. The Morgan fingerprint density at radius 1 is 0.588 bits per heavy atom. The van der Waals surface area contributed by atoms with Crippen molar-refractivity contribution in [2.75, 3.05) is 0 Å². The largest absolute Gasteiger partial charge is 0.392 e. The van der Waals surface area contributed by atoms with E-state index >= 15 is 0 Å². The second kappa shape index (κ2) is 8.16. The predicted molar refractivity (Wildman–Crippen MR) is 130 cm³/mol. The fourth-order valence-electron chi connectivity index (χ4n) is 6.25. The molecule has 2 rings (SSSR count). The third-order valence-corrected chi connectivity index (χ3v) is 10.3. The van der Waals surface area contributed by atoms with Crippen LogP contribution in [0.5, 0.6) is 0 Å². The molecule has 2 aliphatic rings. The minimum Gasteiger partial charge on any atom is -0.392 e. The highest BCUT2D eigenvalue weighted by Gasteiger charge is 2.63. The van der Waals surface area contributed by atoms with Crippen LogP contribution in [0.3, 0.4) is 0 Å². The second-order valence-electron chi connectivity index (χ2n) is 14.1. The highest BCUT2D eigenvalue weighted by molar-refractivity contribution is 5.94. The SMILES string of the molecule is CCCC1(C)CC(C)(CC2(C)CC(C)(C)C(C)(C)C(=O)OC(=O)C2(C)C)C(=O)OC(=O)C1(C)C. The molecule has 34 heavy (non-hydrogen) atoms. The number of hydrogen-bond acceptors (Lipinski definition) is 6. The van der Waals surface area contributed by atoms with Crippen molar-refractivity contribution in [1.29, 1.82) is 0 Å². The Kier molecular flexibility index (Phi) is 6.85. The van der Waals surface area contributed by atoms with E-state index in [1.807, 2.05) is 55.4 Å². The van der Waals surface area contributed by atoms with Gasteiger partial charge in [0.1, 0.15) is 0 Å². The van der Waals surface area contributed by atoms with E-state index in [0.717, 1.165) is 12.8 Å². The number of ether oxygens (including phenoxy) is 2. The topological polar surface area (TPSA) is 86.7 Å². The van der Waals surface area contributed by atoms with E-state index in [4.69, 9.17) is 9.47 Å². The van der Waals surface area contributed by atoms with E-state index in [1.54, 1.807) is 13.8 Å². The molecule has 2 aliphatic heterocycles. The van der Waals surface area contributed by atoms with Crippen molar-refractivity contribution in [3.05, 3.63) is 0 Å². The molecule has 0 aromatic rings. The monoisotopic (exact) mass is 478 g/mol. The maximum absolute atomic E-state index is 13.5. The molecular formula is C28H46O6. The molecule has 194 valence electrons. The van der Waals surface area contributed by atoms with Crippen LogP contribution in [0.15, 0.2) is 0 Å². The normalized spacial score (nSPS) is 37.2. The number of esters is 4. The molecule has 0 N–H and O–H groups in total. The van der Waals surface area contributed by atoms with Gasteiger partial charge in [-0.25, -0.2) is 0 Å². The highest BCUT2D eigenvalue weighted by atomic mass is 16.6. The molecule has 0 radical (unpaired) electrons. The molecule has 2 heterocycles. The van der Waals surface area contributed by atoms with Gasteiger partial charge in [0.2, 0.25) is 0 Å². The molecule has 3 unspecified atom stereocenters. The zero-order chi connectivity index (χ0) is 26.8. The number of rotatable bonds is 4. The lowest BCUT2D eigenvalue weighted by Gasteiger charge is -2.55. The van der Waals surface area contributed by atoms with E-state index in [9.17, 15) is 19.2 Å². The number of carbonyl (C=O) groups excluding carboxylic acids is 4. The molecule has 0 aromatic carbocycles. The van der Waals surface area contributed by atoms with Gasteiger partial charge in [0, 0.05) is 0 Å². The minimum atomic E-state index is -1.05. The summed E-state index contributed by atoms with van der Waals surface area (Å²) in [7, 11) is 0. The maximum Gasteiger partial charge on any atom is 0.319 e. The highest BCUT2D eigenvalue weighted by Crippen LogP contribution is 2.62. The summed E-state index contributed by atoms with van der Waals surface area (Å²) in [6, 6.07) is 0. The van der Waals surface area contributed by atoms with Crippen molar-refractivity contribution in [3.63, 3.8) is 0 Å². The van der Waals surface area contributed by atoms with Crippen molar-refractivity contribution in [3.8, 4) is 0 Å². The fraction of sp³-hybridized carbons (Fsp3) is 0.857. The van der Waals surface area contributed by atoms with E-state index in [1.165, 1.54) is 0 Å². The summed E-state index contributed by atoms with van der Waals surface area (Å²) in [5.41, 5.74) is -5.49. The van der Waals surface area contributed by atoms with Crippen LogP contribution in [0, 0.1) is 37.9 Å². The van der Waals surface area contributed by atoms with Crippen LogP contribution < -0.4 is 0 Å². The zero-order valence-electron chi connectivity index (χ0n) is 23.5. The van der Waals surface area contributed by atoms with Crippen LogP contribution in [-0.4, -0.2) is 23.9 Å². The Bertz CT molecular complexity index is 895. The maximum atomic E-state index is 13.5. The first-order valence-corrected chi connectivity index (χ1v) is 12.6. The predicted octanol–water partition coefficient (Wildman–Crippen LogP) is 6.25. The Balaban J connectivity index is 2.67. The molecule has 0 aromatic heterocycles. The number of cyclic esters (lactones) is 4. The molecule has 6 nitrogen and oxygen atoms in total. The first-order valence-electron chi connectivity index (χ1n) is 12.6. The Labute approximate surface area is 205 Å². The van der Waals surface area contributed by atoms with Crippen LogP contribution in [0.4, 0.5) is 0 Å². The molecule has 0 aliphatic carbocycles. The van der Waals surface area contributed by atoms with E-state index in [0.29, 0.717) is 19.3 Å². The van der Waals surface area contributed by atoms with Crippen LogP contribution in [-0.2, 0) is 28.7 Å². The van der Waals surface area contributed by atoms with Gasteiger partial charge < -0.3 is 9.47 Å². The van der Waals surface area contributed by atoms with E-state index in [2.05, 4.69) is 13.8 Å². The average molecular weight is 479 g/mol. The molecule has 3 atom stereocenters. The van der Waals surface area contributed by atoms with Gasteiger partial charge in [-0.1, -0.05) is 41.0 Å². The van der Waals surface area contributed by atoms with Crippen LogP contribution in [0.25, 0.3) is 0 Å². The van der Waals surface area contributed by atoms with Gasteiger partial charge in [-0.2, -0.15) is 0 Å². The molecule has 6 heteroatoms. The standard InChI is InChI=1S/C28H46O6/c1-13-14-27(11)16-26(10,21(32)34-19(30)24(27,6)7)17-28(12)15-22(2,3)23(4,5)18(29)33-20(31)25(28,8)9/h13-17H2,1-12H3. The van der Waals surface area contributed by atoms with Gasteiger partial charge in [0.25, 0.3) is 0 Å². The lowest BCUT2D eigenvalue weighted by atomic mass is 9.49. The number of hydrogen-bond donors (Lipinski definition) is 0. The van der Waals surface area contributed by atoms with Gasteiger partial charge >= 0.3 is 23.9 Å². The van der Waals surface area contributed by atoms with Gasteiger partial charge in [0.05, 0.1) is 21.7 Å². The van der Waals surface area contributed by atoms with Crippen LogP contribution in [0.1, 0.15) is 115 Å². The Morgan fingerprint density at radius 2 is 1.00 bits per heavy atom. The van der Waals surface area contributed by atoms with Crippen LogP contribution in [0.2, 0.25) is 0 Å². The van der Waals surface area contributed by atoms with Crippen molar-refractivity contribution >= 4 is 23.9 Å². The minimum absolute atomic E-state index is 0.331. The summed E-state index contributed by atoms with van der Waals surface area (Å²) in [6.07, 6.45) is 2.96. The van der Waals surface area contributed by atoms with E-state index < -0.39 is 61.8 Å². The fourth-order valence-corrected chi connectivity index (χ4v) is 6.25. The summed E-state index contributed by atoms with van der Waals surface area (Å²) in [5.74, 6) is -2.14.